The zero-order chi connectivity index (χ0) is 13.8. The highest BCUT2D eigenvalue weighted by atomic mass is 16.5. The molecule has 19 heavy (non-hydrogen) atoms. The summed E-state index contributed by atoms with van der Waals surface area (Å²) in [4.78, 5) is 4.33. The molecule has 0 radical (unpaired) electrons. The molecule has 1 N–H and O–H groups in total. The summed E-state index contributed by atoms with van der Waals surface area (Å²) in [5, 5.41) is 13.8. The van der Waals surface area contributed by atoms with Gasteiger partial charge in [-0.2, -0.15) is 4.98 Å². The van der Waals surface area contributed by atoms with E-state index < -0.39 is 6.10 Å². The van der Waals surface area contributed by atoms with E-state index in [-0.39, 0.29) is 5.92 Å². The molecule has 2 rings (SSSR count). The molecule has 0 saturated carbocycles. The fourth-order valence-electron chi connectivity index (χ4n) is 1.84. The van der Waals surface area contributed by atoms with E-state index in [0.717, 1.165) is 0 Å². The summed E-state index contributed by atoms with van der Waals surface area (Å²) in [5.74, 6) is 1.36. The lowest BCUT2D eigenvalue weighted by molar-refractivity contribution is 0.116. The third-order valence-electron chi connectivity index (χ3n) is 3.27. The number of nitrogens with zero attached hydrogens (tertiary/aromatic N) is 2. The monoisotopic (exact) mass is 260 g/mol. The van der Waals surface area contributed by atoms with Crippen molar-refractivity contribution in [1.82, 2.24) is 10.1 Å². The molecule has 0 amide bonds. The normalized spacial score (nSPS) is 12.9. The maximum absolute atomic E-state index is 9.80. The number of aromatic nitrogens is 2. The molecule has 1 unspecified atom stereocenters. The van der Waals surface area contributed by atoms with Crippen molar-refractivity contribution in [2.24, 2.45) is 5.92 Å². The van der Waals surface area contributed by atoms with E-state index in [1.165, 1.54) is 11.1 Å². The van der Waals surface area contributed by atoms with Gasteiger partial charge in [-0.1, -0.05) is 43.3 Å². The minimum atomic E-state index is -0.438. The SMILES string of the molecule is Cc1ccccc1Cc1noc(CC(O)C(C)C)n1. The van der Waals surface area contributed by atoms with E-state index in [2.05, 4.69) is 29.2 Å². The molecule has 2 aromatic rings. The summed E-state index contributed by atoms with van der Waals surface area (Å²) in [5.41, 5.74) is 2.41. The van der Waals surface area contributed by atoms with Gasteiger partial charge in [-0.25, -0.2) is 0 Å². The Bertz CT molecular complexity index is 534. The molecule has 0 fully saturated rings. The first-order chi connectivity index (χ1) is 9.06. The second-order valence-corrected chi connectivity index (χ2v) is 5.22. The smallest absolute Gasteiger partial charge is 0.229 e. The molecule has 1 aromatic carbocycles. The molecule has 0 aliphatic carbocycles. The van der Waals surface area contributed by atoms with Gasteiger partial charge in [0.2, 0.25) is 5.89 Å². The number of aliphatic hydroxyl groups excluding tert-OH is 1. The minimum absolute atomic E-state index is 0.187. The molecule has 0 spiro atoms. The number of rotatable bonds is 5. The van der Waals surface area contributed by atoms with Gasteiger partial charge in [0.15, 0.2) is 5.82 Å². The lowest BCUT2D eigenvalue weighted by atomic mass is 10.0. The molecule has 0 bridgehead atoms. The number of hydrogen-bond donors (Lipinski definition) is 1. The van der Waals surface area contributed by atoms with Crippen molar-refractivity contribution in [2.45, 2.75) is 39.7 Å². The van der Waals surface area contributed by atoms with Gasteiger partial charge in [0.1, 0.15) is 0 Å². The minimum Gasteiger partial charge on any atom is -0.392 e. The van der Waals surface area contributed by atoms with Gasteiger partial charge in [-0.3, -0.25) is 0 Å². The van der Waals surface area contributed by atoms with Crippen LogP contribution < -0.4 is 0 Å². The first-order valence-electron chi connectivity index (χ1n) is 6.60. The van der Waals surface area contributed by atoms with Gasteiger partial charge in [-0.05, 0) is 24.0 Å². The van der Waals surface area contributed by atoms with Crippen LogP contribution in [0.15, 0.2) is 28.8 Å². The average molecular weight is 260 g/mol. The third kappa shape index (κ3) is 3.64. The van der Waals surface area contributed by atoms with Crippen LogP contribution in [-0.2, 0) is 12.8 Å². The van der Waals surface area contributed by atoms with Crippen molar-refractivity contribution >= 4 is 0 Å². The van der Waals surface area contributed by atoms with E-state index in [1.54, 1.807) is 0 Å². The molecule has 1 atom stereocenters. The third-order valence-corrected chi connectivity index (χ3v) is 3.27. The highest BCUT2D eigenvalue weighted by Crippen LogP contribution is 2.13. The highest BCUT2D eigenvalue weighted by molar-refractivity contribution is 5.27. The Balaban J connectivity index is 2.04. The van der Waals surface area contributed by atoms with Crippen molar-refractivity contribution < 1.29 is 9.63 Å². The van der Waals surface area contributed by atoms with Gasteiger partial charge < -0.3 is 9.63 Å². The molecule has 0 aliphatic rings. The molecular formula is C15H20N2O2. The Morgan fingerprint density at radius 2 is 2.00 bits per heavy atom. The average Bonchev–Trinajstić information content (AvgIpc) is 2.79. The van der Waals surface area contributed by atoms with Crippen LogP contribution in [0, 0.1) is 12.8 Å². The predicted molar refractivity (Wildman–Crippen MR) is 72.8 cm³/mol. The van der Waals surface area contributed by atoms with Crippen molar-refractivity contribution in [2.75, 3.05) is 0 Å². The van der Waals surface area contributed by atoms with Gasteiger partial charge >= 0.3 is 0 Å². The fraction of sp³-hybridized carbons (Fsp3) is 0.467. The van der Waals surface area contributed by atoms with Crippen molar-refractivity contribution in [1.29, 1.82) is 0 Å². The van der Waals surface area contributed by atoms with E-state index in [4.69, 9.17) is 4.52 Å². The predicted octanol–water partition coefficient (Wildman–Crippen LogP) is 2.53. The van der Waals surface area contributed by atoms with Crippen LogP contribution >= 0.6 is 0 Å². The number of aryl methyl sites for hydroxylation is 1. The maximum Gasteiger partial charge on any atom is 0.229 e. The Hall–Kier alpha value is -1.68. The van der Waals surface area contributed by atoms with Crippen LogP contribution in [0.5, 0.6) is 0 Å². The molecule has 4 nitrogen and oxygen atoms in total. The Kier molecular flexibility index (Phi) is 4.32. The summed E-state index contributed by atoms with van der Waals surface area (Å²) in [6.45, 7) is 6.00. The van der Waals surface area contributed by atoms with Crippen molar-refractivity contribution in [3.63, 3.8) is 0 Å². The molecule has 102 valence electrons. The first-order valence-corrected chi connectivity index (χ1v) is 6.60. The highest BCUT2D eigenvalue weighted by Gasteiger charge is 2.15. The van der Waals surface area contributed by atoms with Gasteiger partial charge in [0.05, 0.1) is 12.5 Å². The van der Waals surface area contributed by atoms with Gasteiger partial charge in [0, 0.05) is 6.42 Å². The van der Waals surface area contributed by atoms with Gasteiger partial charge in [0.25, 0.3) is 0 Å². The number of hydrogen-bond acceptors (Lipinski definition) is 4. The lowest BCUT2D eigenvalue weighted by Crippen LogP contribution is -2.17. The summed E-state index contributed by atoms with van der Waals surface area (Å²) < 4.78 is 5.18. The first kappa shape index (κ1) is 13.7. The molecule has 0 saturated heterocycles. The standard InChI is InChI=1S/C15H20N2O2/c1-10(2)13(18)9-15-16-14(17-19-15)8-12-7-5-4-6-11(12)3/h4-7,10,13,18H,8-9H2,1-3H3. The zero-order valence-electron chi connectivity index (χ0n) is 11.6. The maximum atomic E-state index is 9.80. The van der Waals surface area contributed by atoms with Crippen LogP contribution in [0.25, 0.3) is 0 Å². The fourth-order valence-corrected chi connectivity index (χ4v) is 1.84. The number of benzene rings is 1. The van der Waals surface area contributed by atoms with Crippen molar-refractivity contribution in [3.8, 4) is 0 Å². The van der Waals surface area contributed by atoms with Crippen LogP contribution in [0.3, 0.4) is 0 Å². The molecule has 0 aliphatic heterocycles. The van der Waals surface area contributed by atoms with Crippen LogP contribution in [-0.4, -0.2) is 21.4 Å². The summed E-state index contributed by atoms with van der Waals surface area (Å²) >= 11 is 0. The summed E-state index contributed by atoms with van der Waals surface area (Å²) in [7, 11) is 0. The van der Waals surface area contributed by atoms with Gasteiger partial charge in [-0.15, -0.1) is 0 Å². The molecular weight excluding hydrogens is 240 g/mol. The largest absolute Gasteiger partial charge is 0.392 e. The number of aliphatic hydroxyl groups is 1. The Morgan fingerprint density at radius 1 is 1.26 bits per heavy atom. The molecule has 4 heteroatoms. The van der Waals surface area contributed by atoms with Crippen molar-refractivity contribution in [3.05, 3.63) is 47.1 Å². The second kappa shape index (κ2) is 5.97. The zero-order valence-corrected chi connectivity index (χ0v) is 11.6. The Morgan fingerprint density at radius 3 is 2.68 bits per heavy atom. The van der Waals surface area contributed by atoms with E-state index in [0.29, 0.717) is 24.6 Å². The summed E-state index contributed by atoms with van der Waals surface area (Å²) in [6.07, 6.45) is 0.638. The van der Waals surface area contributed by atoms with Crippen LogP contribution in [0.4, 0.5) is 0 Å². The van der Waals surface area contributed by atoms with E-state index in [9.17, 15) is 5.11 Å². The van der Waals surface area contributed by atoms with E-state index >= 15 is 0 Å². The summed E-state index contributed by atoms with van der Waals surface area (Å²) in [6, 6.07) is 8.15. The van der Waals surface area contributed by atoms with Crippen LogP contribution in [0.2, 0.25) is 0 Å². The van der Waals surface area contributed by atoms with E-state index in [1.807, 2.05) is 26.0 Å². The second-order valence-electron chi connectivity index (χ2n) is 5.22. The lowest BCUT2D eigenvalue weighted by Gasteiger charge is -2.10. The Labute approximate surface area is 113 Å². The molecule has 1 heterocycles. The quantitative estimate of drug-likeness (QED) is 0.897. The molecule has 1 aromatic heterocycles. The van der Waals surface area contributed by atoms with Crippen LogP contribution in [0.1, 0.15) is 36.7 Å². The topological polar surface area (TPSA) is 59.2 Å².